The van der Waals surface area contributed by atoms with E-state index >= 15 is 0 Å². The van der Waals surface area contributed by atoms with Crippen LogP contribution in [0.5, 0.6) is 0 Å². The van der Waals surface area contributed by atoms with Crippen LogP contribution in [0.15, 0.2) is 35.0 Å². The highest BCUT2D eigenvalue weighted by atomic mass is 32.1. The Labute approximate surface area is 133 Å². The van der Waals surface area contributed by atoms with Crippen molar-refractivity contribution in [2.45, 2.75) is 25.9 Å². The van der Waals surface area contributed by atoms with E-state index in [2.05, 4.69) is 5.38 Å². The van der Waals surface area contributed by atoms with Gasteiger partial charge in [0.1, 0.15) is 6.04 Å². The molecule has 0 aliphatic carbocycles. The molecule has 1 unspecified atom stereocenters. The molecule has 1 aliphatic heterocycles. The molecule has 1 aliphatic rings. The van der Waals surface area contributed by atoms with Gasteiger partial charge in [-0.1, -0.05) is 19.1 Å². The minimum atomic E-state index is -0.519. The third-order valence-corrected chi connectivity index (χ3v) is 4.72. The summed E-state index contributed by atoms with van der Waals surface area (Å²) in [6.45, 7) is 2.35. The van der Waals surface area contributed by atoms with Crippen molar-refractivity contribution in [1.29, 1.82) is 0 Å². The molecule has 2 heterocycles. The lowest BCUT2D eigenvalue weighted by Crippen LogP contribution is -2.41. The van der Waals surface area contributed by atoms with Crippen LogP contribution < -0.4 is 0 Å². The number of benzene rings is 1. The molecular weight excluding hydrogens is 298 g/mol. The highest BCUT2D eigenvalue weighted by molar-refractivity contribution is 7.08. The molecule has 4 nitrogen and oxygen atoms in total. The Morgan fingerprint density at radius 2 is 2.18 bits per heavy atom. The number of nitrogens with zero attached hydrogens (tertiary/aromatic N) is 1. The molecule has 0 spiro atoms. The van der Waals surface area contributed by atoms with E-state index in [0.717, 1.165) is 16.7 Å². The molecule has 22 heavy (non-hydrogen) atoms. The molecule has 0 saturated carbocycles. The number of esters is 1. The molecule has 0 bridgehead atoms. The molecular formula is C17H17NO3S. The van der Waals surface area contributed by atoms with E-state index in [4.69, 9.17) is 4.74 Å². The normalized spacial score (nSPS) is 14.8. The van der Waals surface area contributed by atoms with Crippen molar-refractivity contribution < 1.29 is 14.3 Å². The lowest BCUT2D eigenvalue weighted by atomic mass is 10.0. The number of hydrogen-bond acceptors (Lipinski definition) is 4. The summed E-state index contributed by atoms with van der Waals surface area (Å²) in [6, 6.07) is 7.44. The fraction of sp³-hybridized carbons (Fsp3) is 0.294. The van der Waals surface area contributed by atoms with Crippen LogP contribution in [0, 0.1) is 0 Å². The fourth-order valence-electron chi connectivity index (χ4n) is 2.83. The molecule has 0 saturated heterocycles. The molecule has 0 N–H and O–H groups in total. The fourth-order valence-corrected chi connectivity index (χ4v) is 3.50. The number of carbonyl (C=O) groups excluding carboxylic acids is 2. The Hall–Kier alpha value is -2.14. The van der Waals surface area contributed by atoms with Gasteiger partial charge in [-0.25, -0.2) is 4.79 Å². The first-order valence-corrected chi connectivity index (χ1v) is 8.14. The van der Waals surface area contributed by atoms with Crippen molar-refractivity contribution in [1.82, 2.24) is 4.90 Å². The van der Waals surface area contributed by atoms with Crippen LogP contribution in [-0.2, 0) is 16.1 Å². The zero-order valence-corrected chi connectivity index (χ0v) is 13.4. The van der Waals surface area contributed by atoms with Crippen molar-refractivity contribution in [3.63, 3.8) is 0 Å². The van der Waals surface area contributed by atoms with Crippen molar-refractivity contribution in [2.24, 2.45) is 0 Å². The molecule has 114 valence electrons. The van der Waals surface area contributed by atoms with Gasteiger partial charge in [0.2, 0.25) is 0 Å². The summed E-state index contributed by atoms with van der Waals surface area (Å²) < 4.78 is 4.81. The van der Waals surface area contributed by atoms with Gasteiger partial charge in [0.25, 0.3) is 5.91 Å². The van der Waals surface area contributed by atoms with Gasteiger partial charge in [-0.2, -0.15) is 11.3 Å². The van der Waals surface area contributed by atoms with Crippen LogP contribution >= 0.6 is 11.3 Å². The van der Waals surface area contributed by atoms with E-state index in [1.807, 2.05) is 36.6 Å². The molecule has 1 aromatic heterocycles. The van der Waals surface area contributed by atoms with Crippen LogP contribution in [0.3, 0.4) is 0 Å². The monoisotopic (exact) mass is 315 g/mol. The van der Waals surface area contributed by atoms with E-state index in [1.165, 1.54) is 7.11 Å². The van der Waals surface area contributed by atoms with Crippen molar-refractivity contribution in [3.05, 3.63) is 46.2 Å². The van der Waals surface area contributed by atoms with Gasteiger partial charge in [0.05, 0.1) is 7.11 Å². The second kappa shape index (κ2) is 5.93. The number of methoxy groups -OCH3 is 1. The summed E-state index contributed by atoms with van der Waals surface area (Å²) in [7, 11) is 1.35. The summed E-state index contributed by atoms with van der Waals surface area (Å²) in [4.78, 5) is 26.1. The average molecular weight is 315 g/mol. The highest BCUT2D eigenvalue weighted by Crippen LogP contribution is 2.31. The van der Waals surface area contributed by atoms with Crippen LogP contribution in [0.1, 0.15) is 29.3 Å². The van der Waals surface area contributed by atoms with Crippen molar-refractivity contribution >= 4 is 23.2 Å². The quantitative estimate of drug-likeness (QED) is 0.813. The first-order chi connectivity index (χ1) is 10.7. The number of carbonyl (C=O) groups is 2. The van der Waals surface area contributed by atoms with Crippen LogP contribution in [0.2, 0.25) is 0 Å². The number of thiophene rings is 1. The maximum Gasteiger partial charge on any atom is 0.328 e. The zero-order valence-electron chi connectivity index (χ0n) is 12.5. The van der Waals surface area contributed by atoms with Crippen molar-refractivity contribution in [3.8, 4) is 11.1 Å². The highest BCUT2D eigenvalue weighted by Gasteiger charge is 2.36. The molecule has 2 aromatic rings. The van der Waals surface area contributed by atoms with Gasteiger partial charge in [0.15, 0.2) is 0 Å². The zero-order chi connectivity index (χ0) is 15.7. The number of hydrogen-bond donors (Lipinski definition) is 0. The lowest BCUT2D eigenvalue weighted by molar-refractivity contribution is -0.146. The van der Waals surface area contributed by atoms with Gasteiger partial charge in [-0.15, -0.1) is 0 Å². The van der Waals surface area contributed by atoms with E-state index in [-0.39, 0.29) is 11.9 Å². The van der Waals surface area contributed by atoms with Gasteiger partial charge in [0, 0.05) is 12.1 Å². The minimum absolute atomic E-state index is 0.0932. The summed E-state index contributed by atoms with van der Waals surface area (Å²) in [5, 5.41) is 4.07. The summed E-state index contributed by atoms with van der Waals surface area (Å²) >= 11 is 1.63. The predicted octanol–water partition coefficient (Wildman–Crippen LogP) is 3.32. The first-order valence-electron chi connectivity index (χ1n) is 7.20. The molecule has 1 amide bonds. The third-order valence-electron chi connectivity index (χ3n) is 4.03. The van der Waals surface area contributed by atoms with Crippen LogP contribution in [0.25, 0.3) is 11.1 Å². The SMILES string of the molecule is CCC(C(=O)OC)N1Cc2ccc(-c3ccsc3)cc2C1=O. The third kappa shape index (κ3) is 2.41. The minimum Gasteiger partial charge on any atom is -0.467 e. The Kier molecular flexibility index (Phi) is 3.98. The first kappa shape index (κ1) is 14.8. The summed E-state index contributed by atoms with van der Waals surface area (Å²) in [5.41, 5.74) is 3.79. The largest absolute Gasteiger partial charge is 0.467 e. The Morgan fingerprint density at radius 3 is 2.82 bits per heavy atom. The van der Waals surface area contributed by atoms with Gasteiger partial charge >= 0.3 is 5.97 Å². The molecule has 0 radical (unpaired) electrons. The Morgan fingerprint density at radius 1 is 1.36 bits per heavy atom. The number of ether oxygens (including phenoxy) is 1. The predicted molar refractivity (Wildman–Crippen MR) is 85.7 cm³/mol. The smallest absolute Gasteiger partial charge is 0.328 e. The van der Waals surface area contributed by atoms with E-state index in [9.17, 15) is 9.59 Å². The van der Waals surface area contributed by atoms with Crippen LogP contribution in [-0.4, -0.2) is 29.9 Å². The van der Waals surface area contributed by atoms with E-state index < -0.39 is 6.04 Å². The average Bonchev–Trinajstić information content (AvgIpc) is 3.17. The van der Waals surface area contributed by atoms with Crippen LogP contribution in [0.4, 0.5) is 0 Å². The molecule has 1 atom stereocenters. The van der Waals surface area contributed by atoms with Gasteiger partial charge in [-0.3, -0.25) is 4.79 Å². The maximum absolute atomic E-state index is 12.7. The van der Waals surface area contributed by atoms with E-state index in [0.29, 0.717) is 18.5 Å². The topological polar surface area (TPSA) is 46.6 Å². The Bertz CT molecular complexity index is 709. The molecule has 3 rings (SSSR count). The second-order valence-corrected chi connectivity index (χ2v) is 6.04. The molecule has 5 heteroatoms. The Balaban J connectivity index is 1.92. The number of fused-ring (bicyclic) bond motifs is 1. The van der Waals surface area contributed by atoms with Gasteiger partial charge < -0.3 is 9.64 Å². The lowest BCUT2D eigenvalue weighted by Gasteiger charge is -2.24. The molecule has 0 fully saturated rings. The second-order valence-electron chi connectivity index (χ2n) is 5.26. The maximum atomic E-state index is 12.7. The molecule has 1 aromatic carbocycles. The van der Waals surface area contributed by atoms with Gasteiger partial charge in [-0.05, 0) is 46.0 Å². The summed E-state index contributed by atoms with van der Waals surface area (Å²) in [5.74, 6) is -0.453. The standard InChI is InChI=1S/C17H17NO3S/c1-3-15(17(20)21-2)18-9-12-5-4-11(8-14(12)16(18)19)13-6-7-22-10-13/h4-8,10,15H,3,9H2,1-2H3. The number of rotatable bonds is 4. The summed E-state index contributed by atoms with van der Waals surface area (Å²) in [6.07, 6.45) is 0.545. The van der Waals surface area contributed by atoms with E-state index in [1.54, 1.807) is 16.2 Å². The number of amides is 1. The van der Waals surface area contributed by atoms with Crippen molar-refractivity contribution in [2.75, 3.05) is 7.11 Å².